The highest BCUT2D eigenvalue weighted by atomic mass is 35.5. The fourth-order valence-electron chi connectivity index (χ4n) is 3.43. The Balaban J connectivity index is 1.90. The Kier molecular flexibility index (Phi) is 2.88. The van der Waals surface area contributed by atoms with Crippen LogP contribution in [0, 0.1) is 0 Å². The van der Waals surface area contributed by atoms with Crippen molar-refractivity contribution < 1.29 is 0 Å². The first-order valence-corrected chi connectivity index (χ1v) is 7.81. The summed E-state index contributed by atoms with van der Waals surface area (Å²) in [6.45, 7) is 4.59. The molecule has 0 amide bonds. The highest BCUT2D eigenvalue weighted by Crippen LogP contribution is 2.49. The van der Waals surface area contributed by atoms with Crippen LogP contribution in [0.4, 0.5) is 0 Å². The van der Waals surface area contributed by atoms with Gasteiger partial charge in [0, 0.05) is 17.2 Å². The van der Waals surface area contributed by atoms with Gasteiger partial charge in [-0.2, -0.15) is 0 Å². The summed E-state index contributed by atoms with van der Waals surface area (Å²) in [5.74, 6) is 0. The van der Waals surface area contributed by atoms with E-state index in [1.807, 2.05) is 18.3 Å². The van der Waals surface area contributed by atoms with Gasteiger partial charge in [-0.1, -0.05) is 61.8 Å². The Labute approximate surface area is 135 Å². The average molecular weight is 306 g/mol. The highest BCUT2D eigenvalue weighted by Gasteiger charge is 2.35. The highest BCUT2D eigenvalue weighted by molar-refractivity contribution is 6.29. The van der Waals surface area contributed by atoms with E-state index in [0.717, 1.165) is 5.56 Å². The van der Waals surface area contributed by atoms with Crippen molar-refractivity contribution in [3.63, 3.8) is 0 Å². The molecule has 2 aromatic carbocycles. The Hall–Kier alpha value is -2.12. The van der Waals surface area contributed by atoms with Gasteiger partial charge in [-0.15, -0.1) is 0 Å². The van der Waals surface area contributed by atoms with Crippen LogP contribution in [0.3, 0.4) is 0 Å². The van der Waals surface area contributed by atoms with Crippen LogP contribution in [-0.4, -0.2) is 4.98 Å². The van der Waals surface area contributed by atoms with Crippen LogP contribution in [-0.2, 0) is 5.41 Å². The van der Waals surface area contributed by atoms with Crippen molar-refractivity contribution >= 4 is 11.6 Å². The maximum atomic E-state index is 5.89. The summed E-state index contributed by atoms with van der Waals surface area (Å²) in [6.07, 6.45) is 1.83. The molecule has 0 aliphatic heterocycles. The summed E-state index contributed by atoms with van der Waals surface area (Å²) in [5.41, 5.74) is 7.77. The molecule has 0 N–H and O–H groups in total. The molecule has 0 bridgehead atoms. The molecule has 1 heterocycles. The topological polar surface area (TPSA) is 12.9 Å². The summed E-state index contributed by atoms with van der Waals surface area (Å²) >= 11 is 5.89. The monoisotopic (exact) mass is 305 g/mol. The zero-order chi connectivity index (χ0) is 15.3. The minimum Gasteiger partial charge on any atom is -0.244 e. The number of halogens is 1. The van der Waals surface area contributed by atoms with Gasteiger partial charge in [-0.05, 0) is 46.0 Å². The number of nitrogens with zero attached hydrogens (tertiary/aromatic N) is 1. The minimum absolute atomic E-state index is 0.0296. The van der Waals surface area contributed by atoms with Gasteiger partial charge in [0.25, 0.3) is 0 Å². The molecule has 22 heavy (non-hydrogen) atoms. The maximum Gasteiger partial charge on any atom is 0.129 e. The second-order valence-corrected chi connectivity index (χ2v) is 6.69. The van der Waals surface area contributed by atoms with Crippen LogP contribution in [0.25, 0.3) is 22.3 Å². The van der Waals surface area contributed by atoms with Crippen LogP contribution in [0.1, 0.15) is 25.0 Å². The molecule has 0 radical (unpaired) electrons. The molecule has 0 unspecified atom stereocenters. The van der Waals surface area contributed by atoms with Crippen molar-refractivity contribution in [1.29, 1.82) is 0 Å². The number of hydrogen-bond acceptors (Lipinski definition) is 1. The first-order chi connectivity index (χ1) is 10.6. The molecule has 1 aliphatic carbocycles. The van der Waals surface area contributed by atoms with Crippen LogP contribution in [0.2, 0.25) is 5.15 Å². The van der Waals surface area contributed by atoms with Crippen LogP contribution in [0.5, 0.6) is 0 Å². The van der Waals surface area contributed by atoms with Crippen molar-refractivity contribution in [3.8, 4) is 22.3 Å². The predicted octanol–water partition coefficient (Wildman–Crippen LogP) is 5.71. The molecular formula is C20H16ClN. The molecule has 0 saturated heterocycles. The fourth-order valence-corrected chi connectivity index (χ4v) is 3.54. The van der Waals surface area contributed by atoms with Gasteiger partial charge in [0.2, 0.25) is 0 Å². The van der Waals surface area contributed by atoms with Gasteiger partial charge in [-0.3, -0.25) is 0 Å². The smallest absolute Gasteiger partial charge is 0.129 e. The van der Waals surface area contributed by atoms with E-state index in [-0.39, 0.29) is 5.41 Å². The van der Waals surface area contributed by atoms with E-state index in [2.05, 4.69) is 61.3 Å². The fraction of sp³-hybridized carbons (Fsp3) is 0.150. The largest absolute Gasteiger partial charge is 0.244 e. The lowest BCUT2D eigenvalue weighted by molar-refractivity contribution is 0.660. The van der Waals surface area contributed by atoms with Gasteiger partial charge < -0.3 is 0 Å². The quantitative estimate of drug-likeness (QED) is 0.525. The Morgan fingerprint density at radius 2 is 1.55 bits per heavy atom. The zero-order valence-corrected chi connectivity index (χ0v) is 13.4. The van der Waals surface area contributed by atoms with Crippen molar-refractivity contribution in [2.45, 2.75) is 19.3 Å². The van der Waals surface area contributed by atoms with Crippen molar-refractivity contribution in [2.75, 3.05) is 0 Å². The van der Waals surface area contributed by atoms with Crippen LogP contribution >= 0.6 is 11.6 Å². The third kappa shape index (κ3) is 1.89. The summed E-state index contributed by atoms with van der Waals surface area (Å²) < 4.78 is 0. The molecular weight excluding hydrogens is 290 g/mol. The number of aromatic nitrogens is 1. The lowest BCUT2D eigenvalue weighted by Gasteiger charge is -2.21. The van der Waals surface area contributed by atoms with Gasteiger partial charge in [0.1, 0.15) is 5.15 Å². The second kappa shape index (κ2) is 4.69. The molecule has 1 aliphatic rings. The second-order valence-electron chi connectivity index (χ2n) is 6.30. The first kappa shape index (κ1) is 13.5. The normalized spacial score (nSPS) is 14.5. The van der Waals surface area contributed by atoms with E-state index < -0.39 is 0 Å². The molecule has 108 valence electrons. The Bertz CT molecular complexity index is 863. The summed E-state index contributed by atoms with van der Waals surface area (Å²) in [4.78, 5) is 4.19. The standard InChI is InChI=1S/C20H16ClN/c1-20(2)17-6-4-3-5-15(17)16-9-7-13(11-18(16)20)14-8-10-19(21)22-12-14/h3-12H,1-2H3. The van der Waals surface area contributed by atoms with Crippen LogP contribution < -0.4 is 0 Å². The summed E-state index contributed by atoms with van der Waals surface area (Å²) in [5, 5.41) is 0.526. The van der Waals surface area contributed by atoms with Crippen molar-refractivity contribution in [2.24, 2.45) is 0 Å². The number of rotatable bonds is 1. The molecule has 0 fully saturated rings. The van der Waals surface area contributed by atoms with E-state index in [9.17, 15) is 0 Å². The van der Waals surface area contributed by atoms with Gasteiger partial charge in [0.15, 0.2) is 0 Å². The number of fused-ring (bicyclic) bond motifs is 3. The van der Waals surface area contributed by atoms with E-state index in [1.165, 1.54) is 27.8 Å². The van der Waals surface area contributed by atoms with E-state index in [4.69, 9.17) is 11.6 Å². The average Bonchev–Trinajstić information content (AvgIpc) is 2.77. The maximum absolute atomic E-state index is 5.89. The molecule has 1 aromatic heterocycles. The predicted molar refractivity (Wildman–Crippen MR) is 92.2 cm³/mol. The van der Waals surface area contributed by atoms with E-state index in [0.29, 0.717) is 5.15 Å². The molecule has 3 aromatic rings. The Morgan fingerprint density at radius 3 is 2.32 bits per heavy atom. The van der Waals surface area contributed by atoms with Gasteiger partial charge >= 0.3 is 0 Å². The third-order valence-corrected chi connectivity index (χ3v) is 4.87. The lowest BCUT2D eigenvalue weighted by atomic mass is 9.81. The first-order valence-electron chi connectivity index (χ1n) is 7.44. The molecule has 0 atom stereocenters. The van der Waals surface area contributed by atoms with Crippen LogP contribution in [0.15, 0.2) is 60.8 Å². The number of hydrogen-bond donors (Lipinski definition) is 0. The SMILES string of the molecule is CC1(C)c2ccccc2-c2ccc(-c3ccc(Cl)nc3)cc21. The van der Waals surface area contributed by atoms with Gasteiger partial charge in [0.05, 0.1) is 0 Å². The van der Waals surface area contributed by atoms with Crippen molar-refractivity contribution in [1.82, 2.24) is 4.98 Å². The summed E-state index contributed by atoms with van der Waals surface area (Å²) in [6, 6.07) is 19.2. The molecule has 1 nitrogen and oxygen atoms in total. The number of pyridine rings is 1. The number of benzene rings is 2. The summed E-state index contributed by atoms with van der Waals surface area (Å²) in [7, 11) is 0. The molecule has 0 spiro atoms. The molecule has 2 heteroatoms. The molecule has 4 rings (SSSR count). The molecule has 0 saturated carbocycles. The van der Waals surface area contributed by atoms with Gasteiger partial charge in [-0.25, -0.2) is 4.98 Å². The van der Waals surface area contributed by atoms with Crippen molar-refractivity contribution in [3.05, 3.63) is 77.1 Å². The van der Waals surface area contributed by atoms with E-state index >= 15 is 0 Å². The zero-order valence-electron chi connectivity index (χ0n) is 12.6. The Morgan fingerprint density at radius 1 is 0.818 bits per heavy atom. The van der Waals surface area contributed by atoms with E-state index in [1.54, 1.807) is 0 Å². The third-order valence-electron chi connectivity index (χ3n) is 4.64. The minimum atomic E-state index is 0.0296. The lowest BCUT2D eigenvalue weighted by Crippen LogP contribution is -2.14.